The van der Waals surface area contributed by atoms with Gasteiger partial charge in [0.25, 0.3) is 0 Å². The Morgan fingerprint density at radius 3 is 2.50 bits per heavy atom. The second-order valence-corrected chi connectivity index (χ2v) is 6.09. The Kier molecular flexibility index (Phi) is 3.93. The van der Waals surface area contributed by atoms with Gasteiger partial charge in [-0.15, -0.1) is 0 Å². The highest BCUT2D eigenvalue weighted by Crippen LogP contribution is 2.26. The van der Waals surface area contributed by atoms with Crippen molar-refractivity contribution in [2.45, 2.75) is 38.2 Å². The highest BCUT2D eigenvalue weighted by Gasteiger charge is 2.15. The van der Waals surface area contributed by atoms with Crippen LogP contribution in [0.3, 0.4) is 0 Å². The highest BCUT2D eigenvalue weighted by atomic mass is 32.2. The zero-order valence-corrected chi connectivity index (χ0v) is 11.3. The largest absolute Gasteiger partial charge is 0.316 e. The van der Waals surface area contributed by atoms with Crippen molar-refractivity contribution in [1.29, 1.82) is 0 Å². The molecule has 1 heterocycles. The van der Waals surface area contributed by atoms with Crippen LogP contribution in [-0.2, 0) is 5.75 Å². The van der Waals surface area contributed by atoms with Crippen LogP contribution >= 0.6 is 11.8 Å². The normalized spacial score (nSPS) is 20.3. The minimum atomic E-state index is 0.820. The van der Waals surface area contributed by atoms with Crippen LogP contribution in [-0.4, -0.2) is 18.3 Å². The molecule has 1 saturated heterocycles. The third-order valence-electron chi connectivity index (χ3n) is 3.32. The van der Waals surface area contributed by atoms with Gasteiger partial charge in [-0.2, -0.15) is 11.8 Å². The molecule has 0 aromatic heterocycles. The Balaban J connectivity index is 2.03. The lowest BCUT2D eigenvalue weighted by molar-refractivity contribution is 0.858. The number of benzene rings is 1. The Labute approximate surface area is 103 Å². The quantitative estimate of drug-likeness (QED) is 0.863. The fourth-order valence-electron chi connectivity index (χ4n) is 2.41. The van der Waals surface area contributed by atoms with Crippen molar-refractivity contribution < 1.29 is 0 Å². The zero-order valence-electron chi connectivity index (χ0n) is 10.5. The molecule has 1 fully saturated rings. The Bertz CT molecular complexity index is 344. The number of thioether (sulfide) groups is 1. The fraction of sp³-hybridized carbons (Fsp3) is 0.571. The second-order valence-electron chi connectivity index (χ2n) is 4.80. The van der Waals surface area contributed by atoms with Crippen LogP contribution < -0.4 is 5.32 Å². The maximum Gasteiger partial charge on any atom is 0.0193 e. The summed E-state index contributed by atoms with van der Waals surface area (Å²) in [6.07, 6.45) is 1.33. The molecule has 0 amide bonds. The molecule has 1 N–H and O–H groups in total. The van der Waals surface area contributed by atoms with E-state index in [4.69, 9.17) is 0 Å². The summed E-state index contributed by atoms with van der Waals surface area (Å²) in [6, 6.07) is 4.60. The molecule has 2 rings (SSSR count). The third kappa shape index (κ3) is 2.80. The Morgan fingerprint density at radius 2 is 1.94 bits per heavy atom. The summed E-state index contributed by atoms with van der Waals surface area (Å²) in [5.41, 5.74) is 5.83. The maximum absolute atomic E-state index is 3.43. The van der Waals surface area contributed by atoms with E-state index in [-0.39, 0.29) is 0 Å². The van der Waals surface area contributed by atoms with Gasteiger partial charge in [-0.3, -0.25) is 0 Å². The van der Waals surface area contributed by atoms with Gasteiger partial charge < -0.3 is 5.32 Å². The zero-order chi connectivity index (χ0) is 11.5. The molecule has 0 aliphatic carbocycles. The molecule has 1 aliphatic rings. The van der Waals surface area contributed by atoms with Crippen LogP contribution in [0.1, 0.15) is 28.7 Å². The summed E-state index contributed by atoms with van der Waals surface area (Å²) in [5, 5.41) is 4.25. The van der Waals surface area contributed by atoms with E-state index in [1.807, 2.05) is 0 Å². The van der Waals surface area contributed by atoms with Gasteiger partial charge >= 0.3 is 0 Å². The van der Waals surface area contributed by atoms with Gasteiger partial charge in [0.2, 0.25) is 0 Å². The van der Waals surface area contributed by atoms with Crippen molar-refractivity contribution in [3.63, 3.8) is 0 Å². The van der Waals surface area contributed by atoms with Crippen molar-refractivity contribution in [2.24, 2.45) is 0 Å². The van der Waals surface area contributed by atoms with Crippen molar-refractivity contribution in [2.75, 3.05) is 13.1 Å². The smallest absolute Gasteiger partial charge is 0.0193 e. The average molecular weight is 235 g/mol. The molecule has 1 atom stereocenters. The molecular weight excluding hydrogens is 214 g/mol. The number of nitrogens with one attached hydrogen (secondary N) is 1. The summed E-state index contributed by atoms with van der Waals surface area (Å²) >= 11 is 2.11. The Morgan fingerprint density at radius 1 is 1.25 bits per heavy atom. The minimum Gasteiger partial charge on any atom is -0.316 e. The first-order valence-electron chi connectivity index (χ1n) is 6.06. The molecule has 1 aromatic carbocycles. The van der Waals surface area contributed by atoms with Crippen LogP contribution in [0.15, 0.2) is 12.1 Å². The standard InChI is InChI=1S/C14H21NS/c1-10-6-11(2)14(12(3)7-10)9-16-13-4-5-15-8-13/h6-7,13,15H,4-5,8-9H2,1-3H3. The number of hydrogen-bond donors (Lipinski definition) is 1. The van der Waals surface area contributed by atoms with Gasteiger partial charge in [0.05, 0.1) is 0 Å². The highest BCUT2D eigenvalue weighted by molar-refractivity contribution is 7.99. The van der Waals surface area contributed by atoms with Gasteiger partial charge in [-0.25, -0.2) is 0 Å². The van der Waals surface area contributed by atoms with Crippen LogP contribution in [0.4, 0.5) is 0 Å². The first kappa shape index (κ1) is 12.0. The molecule has 1 unspecified atom stereocenters. The predicted molar refractivity (Wildman–Crippen MR) is 73.2 cm³/mol. The average Bonchev–Trinajstić information content (AvgIpc) is 2.68. The molecular formula is C14H21NS. The van der Waals surface area contributed by atoms with Crippen LogP contribution in [0.5, 0.6) is 0 Å². The van der Waals surface area contributed by atoms with Gasteiger partial charge in [-0.1, -0.05) is 17.7 Å². The number of aryl methyl sites for hydroxylation is 3. The van der Waals surface area contributed by atoms with E-state index >= 15 is 0 Å². The molecule has 88 valence electrons. The summed E-state index contributed by atoms with van der Waals surface area (Å²) in [4.78, 5) is 0. The van der Waals surface area contributed by atoms with E-state index in [0.717, 1.165) is 5.25 Å². The topological polar surface area (TPSA) is 12.0 Å². The van der Waals surface area contributed by atoms with E-state index in [1.165, 1.54) is 42.0 Å². The second kappa shape index (κ2) is 5.24. The van der Waals surface area contributed by atoms with Crippen molar-refractivity contribution in [3.8, 4) is 0 Å². The first-order chi connectivity index (χ1) is 7.66. The molecule has 0 spiro atoms. The van der Waals surface area contributed by atoms with Gasteiger partial charge in [0.15, 0.2) is 0 Å². The first-order valence-corrected chi connectivity index (χ1v) is 7.10. The molecule has 1 aromatic rings. The molecule has 1 nitrogen and oxygen atoms in total. The summed E-state index contributed by atoms with van der Waals surface area (Å²) in [5.74, 6) is 1.17. The fourth-order valence-corrected chi connectivity index (χ4v) is 3.79. The summed E-state index contributed by atoms with van der Waals surface area (Å²) in [6.45, 7) is 9.04. The SMILES string of the molecule is Cc1cc(C)c(CSC2CCNC2)c(C)c1. The predicted octanol–water partition coefficient (Wildman–Crippen LogP) is 3.21. The third-order valence-corrected chi connectivity index (χ3v) is 4.65. The monoisotopic (exact) mass is 235 g/mol. The molecule has 0 saturated carbocycles. The summed E-state index contributed by atoms with van der Waals surface area (Å²) < 4.78 is 0. The van der Waals surface area contributed by atoms with Crippen LogP contribution in [0.25, 0.3) is 0 Å². The molecule has 1 aliphatic heterocycles. The Hall–Kier alpha value is -0.470. The van der Waals surface area contributed by atoms with Gasteiger partial charge in [0, 0.05) is 17.5 Å². The van der Waals surface area contributed by atoms with E-state index < -0.39 is 0 Å². The van der Waals surface area contributed by atoms with Crippen LogP contribution in [0, 0.1) is 20.8 Å². The van der Waals surface area contributed by atoms with Crippen molar-refractivity contribution in [1.82, 2.24) is 5.32 Å². The number of rotatable bonds is 3. The van der Waals surface area contributed by atoms with E-state index in [2.05, 4.69) is 50.0 Å². The lowest BCUT2D eigenvalue weighted by Gasteiger charge is -2.13. The lowest BCUT2D eigenvalue weighted by atomic mass is 10.0. The summed E-state index contributed by atoms with van der Waals surface area (Å²) in [7, 11) is 0. The van der Waals surface area contributed by atoms with Crippen LogP contribution in [0.2, 0.25) is 0 Å². The van der Waals surface area contributed by atoms with E-state index in [9.17, 15) is 0 Å². The van der Waals surface area contributed by atoms with Crippen molar-refractivity contribution >= 4 is 11.8 Å². The van der Waals surface area contributed by atoms with Gasteiger partial charge in [-0.05, 0) is 50.4 Å². The molecule has 2 heteroatoms. The van der Waals surface area contributed by atoms with Gasteiger partial charge in [0.1, 0.15) is 0 Å². The van der Waals surface area contributed by atoms with E-state index in [1.54, 1.807) is 5.56 Å². The maximum atomic E-state index is 3.43. The number of hydrogen-bond acceptors (Lipinski definition) is 2. The minimum absolute atomic E-state index is 0.820. The lowest BCUT2D eigenvalue weighted by Crippen LogP contribution is -2.10. The molecule has 16 heavy (non-hydrogen) atoms. The van der Waals surface area contributed by atoms with Crippen molar-refractivity contribution in [3.05, 3.63) is 34.4 Å². The molecule has 0 radical (unpaired) electrons. The van der Waals surface area contributed by atoms with E-state index in [0.29, 0.717) is 0 Å². The molecule has 0 bridgehead atoms.